The predicted octanol–water partition coefficient (Wildman–Crippen LogP) is 6.00. The fourth-order valence-electron chi connectivity index (χ4n) is 4.27. The Morgan fingerprint density at radius 1 is 0.939 bits per heavy atom. The molecule has 0 aliphatic heterocycles. The van der Waals surface area contributed by atoms with E-state index in [4.69, 9.17) is 0 Å². The first kappa shape index (κ1) is 20.9. The van der Waals surface area contributed by atoms with Crippen molar-refractivity contribution in [1.82, 2.24) is 15.3 Å². The molecule has 0 fully saturated rings. The highest BCUT2D eigenvalue weighted by Crippen LogP contribution is 2.29. The molecule has 33 heavy (non-hydrogen) atoms. The van der Waals surface area contributed by atoms with Crippen LogP contribution in [0.4, 0.5) is 11.5 Å². The number of anilines is 2. The van der Waals surface area contributed by atoms with Gasteiger partial charge >= 0.3 is 0 Å². The van der Waals surface area contributed by atoms with Gasteiger partial charge in [-0.2, -0.15) is 0 Å². The van der Waals surface area contributed by atoms with Crippen LogP contribution in [0.25, 0.3) is 11.4 Å². The number of nitrogens with one attached hydrogen (secondary N) is 2. The topological polar surface area (TPSA) is 66.9 Å². The zero-order valence-electron chi connectivity index (χ0n) is 18.6. The third kappa shape index (κ3) is 4.77. The number of hydrogen-bond acceptors (Lipinski definition) is 4. The van der Waals surface area contributed by atoms with Crippen LogP contribution in [0.2, 0.25) is 0 Å². The van der Waals surface area contributed by atoms with E-state index in [1.807, 2.05) is 48.5 Å². The molecule has 1 amide bonds. The molecule has 1 aliphatic rings. The first-order valence-corrected chi connectivity index (χ1v) is 11.3. The van der Waals surface area contributed by atoms with Gasteiger partial charge in [-0.3, -0.25) is 4.79 Å². The molecule has 0 bridgehead atoms. The molecule has 1 aromatic heterocycles. The highest BCUT2D eigenvalue weighted by atomic mass is 16.1. The zero-order chi connectivity index (χ0) is 22.6. The van der Waals surface area contributed by atoms with Gasteiger partial charge in [0.05, 0.1) is 6.04 Å². The summed E-state index contributed by atoms with van der Waals surface area (Å²) in [6, 6.07) is 25.9. The summed E-state index contributed by atoms with van der Waals surface area (Å²) in [5.74, 6) is 1.33. The average molecular weight is 435 g/mol. The van der Waals surface area contributed by atoms with Crippen molar-refractivity contribution in [2.45, 2.75) is 32.2 Å². The lowest BCUT2D eigenvalue weighted by atomic mass is 9.87. The molecule has 1 atom stereocenters. The van der Waals surface area contributed by atoms with Crippen molar-refractivity contribution in [2.75, 3.05) is 5.32 Å². The van der Waals surface area contributed by atoms with Crippen molar-refractivity contribution in [1.29, 1.82) is 0 Å². The van der Waals surface area contributed by atoms with Crippen molar-refractivity contribution in [3.8, 4) is 11.4 Å². The standard InChI is InChI=1S/C28H26N4O/c1-19-9-11-21(12-10-19)27-29-18-17-26(32-27)30-23-15-13-22(14-16-23)28(33)31-25-8-4-6-20-5-2-3-7-24(20)25/h2-3,5,7,9-18,25H,4,6,8H2,1H3,(H,31,33)(H,29,30,32). The Labute approximate surface area is 193 Å². The second kappa shape index (κ2) is 9.25. The summed E-state index contributed by atoms with van der Waals surface area (Å²) < 4.78 is 0. The van der Waals surface area contributed by atoms with Gasteiger partial charge in [0.2, 0.25) is 0 Å². The van der Waals surface area contributed by atoms with E-state index in [0.717, 1.165) is 30.5 Å². The van der Waals surface area contributed by atoms with E-state index in [9.17, 15) is 4.79 Å². The lowest BCUT2D eigenvalue weighted by Crippen LogP contribution is -2.30. The molecule has 4 aromatic rings. The van der Waals surface area contributed by atoms with Gasteiger partial charge in [-0.1, -0.05) is 54.1 Å². The van der Waals surface area contributed by atoms with Crippen LogP contribution in [-0.4, -0.2) is 15.9 Å². The molecule has 0 radical (unpaired) electrons. The maximum Gasteiger partial charge on any atom is 0.251 e. The van der Waals surface area contributed by atoms with Gasteiger partial charge in [0.1, 0.15) is 5.82 Å². The summed E-state index contributed by atoms with van der Waals surface area (Å²) in [7, 11) is 0. The van der Waals surface area contributed by atoms with Crippen molar-refractivity contribution in [2.24, 2.45) is 0 Å². The maximum absolute atomic E-state index is 12.9. The first-order chi connectivity index (χ1) is 16.2. The molecule has 5 heteroatoms. The Morgan fingerprint density at radius 2 is 1.73 bits per heavy atom. The molecule has 1 aliphatic carbocycles. The van der Waals surface area contributed by atoms with Crippen molar-refractivity contribution in [3.05, 3.63) is 107 Å². The van der Waals surface area contributed by atoms with Gasteiger partial charge in [-0.05, 0) is 67.6 Å². The predicted molar refractivity (Wildman–Crippen MR) is 132 cm³/mol. The second-order valence-electron chi connectivity index (χ2n) is 8.45. The highest BCUT2D eigenvalue weighted by molar-refractivity contribution is 5.94. The quantitative estimate of drug-likeness (QED) is 0.404. The Balaban J connectivity index is 1.26. The molecule has 0 saturated heterocycles. The molecule has 164 valence electrons. The van der Waals surface area contributed by atoms with E-state index in [0.29, 0.717) is 17.2 Å². The normalized spacial score (nSPS) is 14.9. The number of hydrogen-bond donors (Lipinski definition) is 2. The number of amides is 1. The summed E-state index contributed by atoms with van der Waals surface area (Å²) >= 11 is 0. The minimum Gasteiger partial charge on any atom is -0.345 e. The Kier molecular flexibility index (Phi) is 5.85. The number of rotatable bonds is 5. The van der Waals surface area contributed by atoms with Gasteiger partial charge in [0.25, 0.3) is 5.91 Å². The summed E-state index contributed by atoms with van der Waals surface area (Å²) in [5.41, 5.74) is 6.26. The third-order valence-corrected chi connectivity index (χ3v) is 6.06. The fourth-order valence-corrected chi connectivity index (χ4v) is 4.27. The lowest BCUT2D eigenvalue weighted by molar-refractivity contribution is 0.0933. The molecule has 5 nitrogen and oxygen atoms in total. The van der Waals surface area contributed by atoms with Crippen molar-refractivity contribution >= 4 is 17.4 Å². The van der Waals surface area contributed by atoms with E-state index < -0.39 is 0 Å². The van der Waals surface area contributed by atoms with Gasteiger partial charge in [0.15, 0.2) is 5.82 Å². The number of fused-ring (bicyclic) bond motifs is 1. The van der Waals surface area contributed by atoms with Crippen molar-refractivity contribution in [3.63, 3.8) is 0 Å². The van der Waals surface area contributed by atoms with Gasteiger partial charge in [-0.25, -0.2) is 9.97 Å². The Hall–Kier alpha value is -3.99. The van der Waals surface area contributed by atoms with Crippen LogP contribution in [0.1, 0.15) is 45.9 Å². The number of carbonyl (C=O) groups excluding carboxylic acids is 1. The van der Waals surface area contributed by atoms with Gasteiger partial charge in [0, 0.05) is 23.0 Å². The largest absolute Gasteiger partial charge is 0.345 e. The van der Waals surface area contributed by atoms with Gasteiger partial charge < -0.3 is 10.6 Å². The molecule has 1 unspecified atom stereocenters. The minimum absolute atomic E-state index is 0.0491. The van der Waals surface area contributed by atoms with Crippen LogP contribution >= 0.6 is 0 Å². The maximum atomic E-state index is 12.9. The van der Waals surface area contributed by atoms with Crippen LogP contribution in [0.5, 0.6) is 0 Å². The molecular formula is C28H26N4O. The number of nitrogens with zero attached hydrogens (tertiary/aromatic N) is 2. The van der Waals surface area contributed by atoms with E-state index in [1.165, 1.54) is 16.7 Å². The minimum atomic E-state index is -0.0491. The summed E-state index contributed by atoms with van der Waals surface area (Å²) in [6.45, 7) is 2.06. The molecule has 1 heterocycles. The van der Waals surface area contributed by atoms with Crippen LogP contribution in [0.15, 0.2) is 85.1 Å². The van der Waals surface area contributed by atoms with E-state index in [2.05, 4.69) is 57.9 Å². The summed E-state index contributed by atoms with van der Waals surface area (Å²) in [4.78, 5) is 21.9. The molecule has 0 spiro atoms. The highest BCUT2D eigenvalue weighted by Gasteiger charge is 2.21. The average Bonchev–Trinajstić information content (AvgIpc) is 2.85. The molecule has 0 saturated carbocycles. The number of carbonyl (C=O) groups is 1. The first-order valence-electron chi connectivity index (χ1n) is 11.3. The summed E-state index contributed by atoms with van der Waals surface area (Å²) in [5, 5.41) is 6.51. The second-order valence-corrected chi connectivity index (χ2v) is 8.45. The van der Waals surface area contributed by atoms with E-state index in [-0.39, 0.29) is 11.9 Å². The third-order valence-electron chi connectivity index (χ3n) is 6.06. The van der Waals surface area contributed by atoms with E-state index >= 15 is 0 Å². The molecular weight excluding hydrogens is 408 g/mol. The van der Waals surface area contributed by atoms with Crippen LogP contribution in [-0.2, 0) is 6.42 Å². The lowest BCUT2D eigenvalue weighted by Gasteiger charge is -2.26. The SMILES string of the molecule is Cc1ccc(-c2nccc(Nc3ccc(C(=O)NC4CCCc5ccccc54)cc3)n2)cc1. The Morgan fingerprint density at radius 3 is 2.55 bits per heavy atom. The van der Waals surface area contributed by atoms with Crippen LogP contribution < -0.4 is 10.6 Å². The van der Waals surface area contributed by atoms with Gasteiger partial charge in [-0.15, -0.1) is 0 Å². The smallest absolute Gasteiger partial charge is 0.251 e. The monoisotopic (exact) mass is 434 g/mol. The number of aromatic nitrogens is 2. The number of aryl methyl sites for hydroxylation is 2. The molecule has 5 rings (SSSR count). The fraction of sp³-hybridized carbons (Fsp3) is 0.179. The zero-order valence-corrected chi connectivity index (χ0v) is 18.6. The van der Waals surface area contributed by atoms with Crippen molar-refractivity contribution < 1.29 is 4.79 Å². The Bertz CT molecular complexity index is 1270. The van der Waals surface area contributed by atoms with Crippen LogP contribution in [0.3, 0.4) is 0 Å². The van der Waals surface area contributed by atoms with E-state index in [1.54, 1.807) is 6.20 Å². The molecule has 3 aromatic carbocycles. The molecule has 2 N–H and O–H groups in total. The van der Waals surface area contributed by atoms with Crippen LogP contribution in [0, 0.1) is 6.92 Å². The summed E-state index contributed by atoms with van der Waals surface area (Å²) in [6.07, 6.45) is 4.89. The number of benzene rings is 3.